The number of H-pyrrole nitrogens is 1. The van der Waals surface area contributed by atoms with Gasteiger partial charge in [-0.3, -0.25) is 0 Å². The van der Waals surface area contributed by atoms with E-state index in [9.17, 15) is 4.39 Å². The van der Waals surface area contributed by atoms with E-state index in [1.807, 2.05) is 12.3 Å². The summed E-state index contributed by atoms with van der Waals surface area (Å²) in [5.41, 5.74) is 1.83. The fraction of sp³-hybridized carbons (Fsp3) is 0.529. The maximum Gasteiger partial charge on any atom is 0.147 e. The van der Waals surface area contributed by atoms with Crippen molar-refractivity contribution in [2.24, 2.45) is 5.92 Å². The molecule has 0 spiro atoms. The number of benzene rings is 1. The van der Waals surface area contributed by atoms with Crippen LogP contribution < -0.4 is 0 Å². The Morgan fingerprint density at radius 1 is 1.20 bits per heavy atom. The lowest BCUT2D eigenvalue weighted by Gasteiger charge is -2.28. The van der Waals surface area contributed by atoms with Crippen molar-refractivity contribution in [3.63, 3.8) is 0 Å². The van der Waals surface area contributed by atoms with Crippen molar-refractivity contribution in [3.8, 4) is 0 Å². The van der Waals surface area contributed by atoms with Crippen LogP contribution in [0, 0.1) is 11.7 Å². The molecule has 3 heteroatoms. The first-order chi connectivity index (χ1) is 9.49. The number of aromatic nitrogens is 1. The van der Waals surface area contributed by atoms with Crippen molar-refractivity contribution in [1.29, 1.82) is 0 Å². The van der Waals surface area contributed by atoms with E-state index >= 15 is 0 Å². The second kappa shape index (κ2) is 6.40. The number of nitrogens with one attached hydrogen (secondary N) is 1. The van der Waals surface area contributed by atoms with Crippen molar-refractivity contribution in [2.75, 3.05) is 13.1 Å². The zero-order chi connectivity index (χ0) is 14.7. The maximum absolute atomic E-state index is 13.7. The van der Waals surface area contributed by atoms with Gasteiger partial charge >= 0.3 is 0 Å². The van der Waals surface area contributed by atoms with E-state index < -0.39 is 0 Å². The molecule has 1 heterocycles. The molecule has 0 aliphatic rings. The highest BCUT2D eigenvalue weighted by molar-refractivity contribution is 5.83. The Morgan fingerprint density at radius 3 is 2.60 bits per heavy atom. The molecular weight excluding hydrogens is 251 g/mol. The second-order valence-corrected chi connectivity index (χ2v) is 6.21. The standard InChI is InChI=1S/C17H25FN2/c1-12(2)11-20(13(3)4)9-8-14-10-19-17-15(14)6-5-7-16(17)18/h5-7,10,12-13,19H,8-9,11H2,1-4H3. The molecule has 0 saturated carbocycles. The van der Waals surface area contributed by atoms with Crippen LogP contribution in [0.5, 0.6) is 0 Å². The van der Waals surface area contributed by atoms with Gasteiger partial charge < -0.3 is 9.88 Å². The number of halogens is 1. The van der Waals surface area contributed by atoms with E-state index in [2.05, 4.69) is 37.6 Å². The molecule has 0 radical (unpaired) electrons. The number of para-hydroxylation sites is 1. The SMILES string of the molecule is CC(C)CN(CCc1c[nH]c2c(F)cccc12)C(C)C. The first-order valence-electron chi connectivity index (χ1n) is 7.47. The third-order valence-electron chi connectivity index (χ3n) is 3.75. The van der Waals surface area contributed by atoms with Gasteiger partial charge in [0.25, 0.3) is 0 Å². The van der Waals surface area contributed by atoms with E-state index in [1.165, 1.54) is 11.6 Å². The number of aromatic amines is 1. The van der Waals surface area contributed by atoms with Crippen LogP contribution in [-0.4, -0.2) is 29.0 Å². The van der Waals surface area contributed by atoms with Crippen LogP contribution in [0.15, 0.2) is 24.4 Å². The van der Waals surface area contributed by atoms with Crippen molar-refractivity contribution in [3.05, 3.63) is 35.8 Å². The second-order valence-electron chi connectivity index (χ2n) is 6.21. The van der Waals surface area contributed by atoms with Gasteiger partial charge in [0.05, 0.1) is 5.52 Å². The lowest BCUT2D eigenvalue weighted by atomic mass is 10.1. The summed E-state index contributed by atoms with van der Waals surface area (Å²) in [6.07, 6.45) is 2.90. The van der Waals surface area contributed by atoms with Crippen molar-refractivity contribution in [2.45, 2.75) is 40.2 Å². The van der Waals surface area contributed by atoms with Crippen molar-refractivity contribution >= 4 is 10.9 Å². The molecule has 1 aromatic heterocycles. The van der Waals surface area contributed by atoms with E-state index in [1.54, 1.807) is 6.07 Å². The Labute approximate surface area is 121 Å². The van der Waals surface area contributed by atoms with Crippen LogP contribution >= 0.6 is 0 Å². The normalized spacial score (nSPS) is 12.2. The molecule has 20 heavy (non-hydrogen) atoms. The molecule has 2 aromatic rings. The summed E-state index contributed by atoms with van der Waals surface area (Å²) in [6, 6.07) is 5.82. The number of fused-ring (bicyclic) bond motifs is 1. The minimum atomic E-state index is -0.170. The lowest BCUT2D eigenvalue weighted by molar-refractivity contribution is 0.200. The molecule has 1 N–H and O–H groups in total. The summed E-state index contributed by atoms with van der Waals surface area (Å²) in [4.78, 5) is 5.55. The van der Waals surface area contributed by atoms with Gasteiger partial charge in [0.15, 0.2) is 0 Å². The highest BCUT2D eigenvalue weighted by Gasteiger charge is 2.13. The smallest absolute Gasteiger partial charge is 0.147 e. The van der Waals surface area contributed by atoms with Crippen LogP contribution in [-0.2, 0) is 6.42 Å². The quantitative estimate of drug-likeness (QED) is 0.837. The molecule has 0 amide bonds. The largest absolute Gasteiger partial charge is 0.359 e. The van der Waals surface area contributed by atoms with Gasteiger partial charge in [-0.25, -0.2) is 4.39 Å². The zero-order valence-corrected chi connectivity index (χ0v) is 12.9. The Bertz CT molecular complexity index is 557. The third-order valence-corrected chi connectivity index (χ3v) is 3.75. The summed E-state index contributed by atoms with van der Waals surface area (Å²) in [5.74, 6) is 0.495. The lowest BCUT2D eigenvalue weighted by Crippen LogP contribution is -2.35. The van der Waals surface area contributed by atoms with E-state index in [0.717, 1.165) is 24.9 Å². The fourth-order valence-corrected chi connectivity index (χ4v) is 2.68. The van der Waals surface area contributed by atoms with E-state index in [0.29, 0.717) is 17.5 Å². The first-order valence-corrected chi connectivity index (χ1v) is 7.47. The average molecular weight is 276 g/mol. The molecule has 0 saturated heterocycles. The van der Waals surface area contributed by atoms with Crippen LogP contribution in [0.2, 0.25) is 0 Å². The van der Waals surface area contributed by atoms with Gasteiger partial charge in [0.1, 0.15) is 5.82 Å². The summed E-state index contributed by atoms with van der Waals surface area (Å²) < 4.78 is 13.7. The van der Waals surface area contributed by atoms with Gasteiger partial charge in [0.2, 0.25) is 0 Å². The molecule has 110 valence electrons. The topological polar surface area (TPSA) is 19.0 Å². The molecule has 0 aliphatic heterocycles. The molecular formula is C17H25FN2. The highest BCUT2D eigenvalue weighted by atomic mass is 19.1. The summed E-state index contributed by atoms with van der Waals surface area (Å²) in [6.45, 7) is 11.1. The van der Waals surface area contributed by atoms with E-state index in [-0.39, 0.29) is 5.82 Å². The monoisotopic (exact) mass is 276 g/mol. The van der Waals surface area contributed by atoms with Crippen molar-refractivity contribution in [1.82, 2.24) is 9.88 Å². The first kappa shape index (κ1) is 15.0. The van der Waals surface area contributed by atoms with E-state index in [4.69, 9.17) is 0 Å². The zero-order valence-electron chi connectivity index (χ0n) is 12.9. The maximum atomic E-state index is 13.7. The van der Waals surface area contributed by atoms with Crippen LogP contribution in [0.3, 0.4) is 0 Å². The third kappa shape index (κ3) is 3.40. The van der Waals surface area contributed by atoms with Gasteiger partial charge in [-0.05, 0) is 37.8 Å². The van der Waals surface area contributed by atoms with Gasteiger partial charge in [-0.15, -0.1) is 0 Å². The Morgan fingerprint density at radius 2 is 1.95 bits per heavy atom. The molecule has 1 aromatic carbocycles. The number of hydrogen-bond acceptors (Lipinski definition) is 1. The molecule has 0 aliphatic carbocycles. The minimum absolute atomic E-state index is 0.170. The van der Waals surface area contributed by atoms with Crippen LogP contribution in [0.4, 0.5) is 4.39 Å². The van der Waals surface area contributed by atoms with Crippen LogP contribution in [0.25, 0.3) is 10.9 Å². The fourth-order valence-electron chi connectivity index (χ4n) is 2.68. The predicted octanol–water partition coefficient (Wildman–Crippen LogP) is 4.22. The number of rotatable bonds is 6. The summed E-state index contributed by atoms with van der Waals surface area (Å²) in [7, 11) is 0. The van der Waals surface area contributed by atoms with Gasteiger partial charge in [0, 0.05) is 30.7 Å². The molecule has 0 fully saturated rings. The number of hydrogen-bond donors (Lipinski definition) is 1. The predicted molar refractivity (Wildman–Crippen MR) is 83.5 cm³/mol. The summed E-state index contributed by atoms with van der Waals surface area (Å²) in [5, 5.41) is 1.01. The molecule has 0 atom stereocenters. The highest BCUT2D eigenvalue weighted by Crippen LogP contribution is 2.21. The molecule has 2 nitrogen and oxygen atoms in total. The van der Waals surface area contributed by atoms with Gasteiger partial charge in [-0.2, -0.15) is 0 Å². The Hall–Kier alpha value is -1.35. The molecule has 0 unspecified atom stereocenters. The molecule has 2 rings (SSSR count). The Kier molecular flexibility index (Phi) is 4.81. The number of nitrogens with zero attached hydrogens (tertiary/aromatic N) is 1. The Balaban J connectivity index is 2.10. The average Bonchev–Trinajstić information content (AvgIpc) is 2.78. The van der Waals surface area contributed by atoms with Crippen molar-refractivity contribution < 1.29 is 4.39 Å². The minimum Gasteiger partial charge on any atom is -0.359 e. The van der Waals surface area contributed by atoms with Gasteiger partial charge in [-0.1, -0.05) is 26.0 Å². The summed E-state index contributed by atoms with van der Waals surface area (Å²) >= 11 is 0. The van der Waals surface area contributed by atoms with Crippen LogP contribution in [0.1, 0.15) is 33.3 Å². The molecule has 0 bridgehead atoms.